The number of imidazole rings is 1. The number of rotatable bonds is 5. The van der Waals surface area contributed by atoms with Crippen LogP contribution in [0.3, 0.4) is 0 Å². The van der Waals surface area contributed by atoms with Crippen LogP contribution in [0.1, 0.15) is 0 Å². The third-order valence-electron chi connectivity index (χ3n) is 4.73. The summed E-state index contributed by atoms with van der Waals surface area (Å²) in [5.74, 6) is 1.36. The van der Waals surface area contributed by atoms with E-state index in [1.165, 1.54) is 17.2 Å². The van der Waals surface area contributed by atoms with Crippen LogP contribution in [0.4, 0.5) is 17.2 Å². The van der Waals surface area contributed by atoms with Gasteiger partial charge in [-0.2, -0.15) is 0 Å². The predicted octanol–water partition coefficient (Wildman–Crippen LogP) is 1.91. The molecule has 0 radical (unpaired) electrons. The highest BCUT2D eigenvalue weighted by atomic mass is 16.6. The van der Waals surface area contributed by atoms with Gasteiger partial charge in [-0.3, -0.25) is 14.7 Å². The summed E-state index contributed by atoms with van der Waals surface area (Å²) in [5, 5.41) is 11.8. The third-order valence-corrected chi connectivity index (χ3v) is 4.73. The van der Waals surface area contributed by atoms with Crippen molar-refractivity contribution in [3.8, 4) is 11.6 Å². The summed E-state index contributed by atoms with van der Waals surface area (Å²) in [7, 11) is 1.64. The minimum atomic E-state index is -0.430. The number of hydrogen-bond acceptors (Lipinski definition) is 8. The van der Waals surface area contributed by atoms with Crippen molar-refractivity contribution in [1.82, 2.24) is 19.5 Å². The fourth-order valence-electron chi connectivity index (χ4n) is 3.30. The lowest BCUT2D eigenvalue weighted by Crippen LogP contribution is -2.47. The minimum Gasteiger partial charge on any atom is -0.497 e. The van der Waals surface area contributed by atoms with Gasteiger partial charge in [-0.25, -0.2) is 15.0 Å². The van der Waals surface area contributed by atoms with Gasteiger partial charge in [-0.05, 0) is 24.3 Å². The van der Waals surface area contributed by atoms with Crippen molar-refractivity contribution < 1.29 is 9.66 Å². The van der Waals surface area contributed by atoms with Crippen molar-refractivity contribution in [2.75, 3.05) is 43.1 Å². The van der Waals surface area contributed by atoms with E-state index in [2.05, 4.69) is 19.9 Å². The van der Waals surface area contributed by atoms with Gasteiger partial charge in [0.25, 0.3) is 0 Å². The maximum absolute atomic E-state index is 11.8. The van der Waals surface area contributed by atoms with E-state index in [9.17, 15) is 10.1 Å². The quantitative estimate of drug-likeness (QED) is 0.488. The Balaban J connectivity index is 1.56. The van der Waals surface area contributed by atoms with Crippen LogP contribution in [-0.2, 0) is 0 Å². The van der Waals surface area contributed by atoms with E-state index in [-0.39, 0.29) is 11.5 Å². The summed E-state index contributed by atoms with van der Waals surface area (Å²) in [5.41, 5.74) is 0.982. The molecule has 0 N–H and O–H groups in total. The van der Waals surface area contributed by atoms with Crippen LogP contribution in [0.2, 0.25) is 0 Å². The van der Waals surface area contributed by atoms with Crippen LogP contribution < -0.4 is 14.5 Å². The molecule has 0 amide bonds. The van der Waals surface area contributed by atoms with Crippen LogP contribution in [0.15, 0.2) is 49.3 Å². The van der Waals surface area contributed by atoms with Gasteiger partial charge in [0.2, 0.25) is 11.6 Å². The smallest absolute Gasteiger partial charge is 0.354 e. The first-order valence-corrected chi connectivity index (χ1v) is 8.79. The normalized spacial score (nSPS) is 14.2. The number of nitrogens with zero attached hydrogens (tertiary/aromatic N) is 7. The van der Waals surface area contributed by atoms with E-state index < -0.39 is 4.92 Å². The summed E-state index contributed by atoms with van der Waals surface area (Å²) in [6.45, 7) is 2.70. The Kier molecular flexibility index (Phi) is 4.75. The average molecular weight is 381 g/mol. The van der Waals surface area contributed by atoms with Gasteiger partial charge in [-0.15, -0.1) is 0 Å². The number of nitro groups is 1. The fraction of sp³-hybridized carbons (Fsp3) is 0.278. The monoisotopic (exact) mass is 381 g/mol. The van der Waals surface area contributed by atoms with Crippen LogP contribution in [-0.4, -0.2) is 57.7 Å². The van der Waals surface area contributed by atoms with Gasteiger partial charge in [0.15, 0.2) is 0 Å². The Labute approximate surface area is 161 Å². The largest absolute Gasteiger partial charge is 0.497 e. The molecule has 2 aromatic heterocycles. The lowest BCUT2D eigenvalue weighted by molar-refractivity contribution is -0.384. The maximum Gasteiger partial charge on any atom is 0.354 e. The fourth-order valence-corrected chi connectivity index (χ4v) is 3.30. The molecule has 1 saturated heterocycles. The molecular weight excluding hydrogens is 362 g/mol. The molecule has 144 valence electrons. The van der Waals surface area contributed by atoms with Crippen molar-refractivity contribution >= 4 is 17.2 Å². The first kappa shape index (κ1) is 17.7. The molecule has 28 heavy (non-hydrogen) atoms. The minimum absolute atomic E-state index is 0.113. The number of ether oxygens (including phenoxy) is 1. The van der Waals surface area contributed by atoms with Crippen LogP contribution in [0.25, 0.3) is 5.82 Å². The predicted molar refractivity (Wildman–Crippen MR) is 103 cm³/mol. The van der Waals surface area contributed by atoms with Gasteiger partial charge in [-0.1, -0.05) is 0 Å². The van der Waals surface area contributed by atoms with Crippen LogP contribution in [0.5, 0.6) is 5.75 Å². The summed E-state index contributed by atoms with van der Waals surface area (Å²) >= 11 is 0. The second-order valence-corrected chi connectivity index (χ2v) is 6.27. The molecule has 1 aliphatic heterocycles. The van der Waals surface area contributed by atoms with Gasteiger partial charge >= 0.3 is 5.69 Å². The van der Waals surface area contributed by atoms with Gasteiger partial charge < -0.3 is 14.5 Å². The van der Waals surface area contributed by atoms with Crippen molar-refractivity contribution in [3.05, 3.63) is 59.4 Å². The van der Waals surface area contributed by atoms with Crippen molar-refractivity contribution in [2.24, 2.45) is 0 Å². The molecule has 10 heteroatoms. The molecule has 3 heterocycles. The third kappa shape index (κ3) is 3.31. The summed E-state index contributed by atoms with van der Waals surface area (Å²) in [6, 6.07) is 7.88. The molecule has 4 rings (SSSR count). The summed E-state index contributed by atoms with van der Waals surface area (Å²) < 4.78 is 6.72. The second-order valence-electron chi connectivity index (χ2n) is 6.27. The standard InChI is InChI=1S/C18H19N7O3/c1-28-15-4-2-14(3-5-15)22-8-10-23(11-9-22)17-16(25(26)27)18(21-12-20-17)24-7-6-19-13-24/h2-7,12-13H,8-11H2,1H3. The topological polar surface area (TPSA) is 102 Å². The van der Waals surface area contributed by atoms with E-state index in [1.54, 1.807) is 19.5 Å². The zero-order valence-electron chi connectivity index (χ0n) is 15.3. The zero-order chi connectivity index (χ0) is 19.5. The first-order valence-electron chi connectivity index (χ1n) is 8.79. The van der Waals surface area contributed by atoms with Gasteiger partial charge in [0, 0.05) is 44.3 Å². The van der Waals surface area contributed by atoms with E-state index in [4.69, 9.17) is 4.74 Å². The lowest BCUT2D eigenvalue weighted by Gasteiger charge is -2.36. The zero-order valence-corrected chi connectivity index (χ0v) is 15.3. The molecule has 0 saturated carbocycles. The van der Waals surface area contributed by atoms with E-state index in [1.807, 2.05) is 29.2 Å². The number of methoxy groups -OCH3 is 1. The Morgan fingerprint density at radius 1 is 1.04 bits per heavy atom. The second kappa shape index (κ2) is 7.51. The molecule has 1 fully saturated rings. The molecule has 0 spiro atoms. The van der Waals surface area contributed by atoms with Crippen LogP contribution >= 0.6 is 0 Å². The highest BCUT2D eigenvalue weighted by Crippen LogP contribution is 2.31. The average Bonchev–Trinajstić information content (AvgIpc) is 3.28. The maximum atomic E-state index is 11.8. The Hall–Kier alpha value is -3.69. The van der Waals surface area contributed by atoms with E-state index >= 15 is 0 Å². The molecule has 0 bridgehead atoms. The molecule has 0 atom stereocenters. The molecule has 3 aromatic rings. The van der Waals surface area contributed by atoms with Crippen molar-refractivity contribution in [2.45, 2.75) is 0 Å². The SMILES string of the molecule is COc1ccc(N2CCN(c3ncnc(-n4ccnc4)c3[N+](=O)[O-])CC2)cc1. The van der Waals surface area contributed by atoms with E-state index in [0.29, 0.717) is 18.9 Å². The van der Waals surface area contributed by atoms with Gasteiger partial charge in [0.1, 0.15) is 18.4 Å². The highest BCUT2D eigenvalue weighted by molar-refractivity contribution is 5.66. The Morgan fingerprint density at radius 3 is 2.32 bits per heavy atom. The van der Waals surface area contributed by atoms with Crippen LogP contribution in [0, 0.1) is 10.1 Å². The molecule has 0 unspecified atom stereocenters. The Morgan fingerprint density at radius 2 is 1.71 bits per heavy atom. The Bertz CT molecular complexity index is 952. The number of hydrogen-bond donors (Lipinski definition) is 0. The number of benzene rings is 1. The number of piperazine rings is 1. The molecule has 1 aliphatic rings. The van der Waals surface area contributed by atoms with E-state index in [0.717, 1.165) is 24.5 Å². The first-order chi connectivity index (χ1) is 13.7. The van der Waals surface area contributed by atoms with Crippen molar-refractivity contribution in [3.63, 3.8) is 0 Å². The summed E-state index contributed by atoms with van der Waals surface area (Å²) in [4.78, 5) is 27.8. The summed E-state index contributed by atoms with van der Waals surface area (Å²) in [6.07, 6.45) is 6.02. The molecule has 0 aliphatic carbocycles. The van der Waals surface area contributed by atoms with Crippen molar-refractivity contribution in [1.29, 1.82) is 0 Å². The molecule has 10 nitrogen and oxygen atoms in total. The molecule has 1 aromatic carbocycles. The highest BCUT2D eigenvalue weighted by Gasteiger charge is 2.30. The number of aromatic nitrogens is 4. The lowest BCUT2D eigenvalue weighted by atomic mass is 10.2. The van der Waals surface area contributed by atoms with Gasteiger partial charge in [0.05, 0.1) is 12.0 Å². The number of anilines is 2. The molecular formula is C18H19N7O3.